The average molecular weight is 261 g/mol. The van der Waals surface area contributed by atoms with Crippen molar-refractivity contribution in [3.8, 4) is 0 Å². The average Bonchev–Trinajstić information content (AvgIpc) is 3.20. The van der Waals surface area contributed by atoms with E-state index in [1.807, 2.05) is 18.2 Å². The van der Waals surface area contributed by atoms with Crippen LogP contribution in [0.5, 0.6) is 0 Å². The van der Waals surface area contributed by atoms with Crippen molar-refractivity contribution in [1.82, 2.24) is 4.90 Å². The summed E-state index contributed by atoms with van der Waals surface area (Å²) in [5, 5.41) is 9.09. The Hall–Kier alpha value is -1.35. The fourth-order valence-electron chi connectivity index (χ4n) is 2.57. The molecule has 3 heteroatoms. The predicted octanol–water partition coefficient (Wildman–Crippen LogP) is 2.80. The predicted molar refractivity (Wildman–Crippen MR) is 76.2 cm³/mol. The summed E-state index contributed by atoms with van der Waals surface area (Å²) in [6.07, 6.45) is 4.46. The lowest BCUT2D eigenvalue weighted by atomic mass is 10.0. The molecule has 1 atom stereocenters. The Bertz CT molecular complexity index is 400. The Kier molecular flexibility index (Phi) is 4.97. The quantitative estimate of drug-likeness (QED) is 0.782. The molecule has 1 unspecified atom stereocenters. The topological polar surface area (TPSA) is 40.5 Å². The Morgan fingerprint density at radius 1 is 1.37 bits per heavy atom. The molecule has 0 radical (unpaired) electrons. The zero-order chi connectivity index (χ0) is 13.7. The molecule has 1 saturated carbocycles. The van der Waals surface area contributed by atoms with Gasteiger partial charge < -0.3 is 5.11 Å². The second-order valence-corrected chi connectivity index (χ2v) is 5.52. The van der Waals surface area contributed by atoms with Crippen molar-refractivity contribution in [2.45, 2.75) is 38.6 Å². The number of rotatable bonds is 8. The minimum atomic E-state index is -0.716. The molecular formula is C16H23NO2. The van der Waals surface area contributed by atoms with Crippen molar-refractivity contribution >= 4 is 5.97 Å². The third kappa shape index (κ3) is 4.67. The van der Waals surface area contributed by atoms with Gasteiger partial charge in [-0.05, 0) is 37.2 Å². The second kappa shape index (κ2) is 6.71. The maximum Gasteiger partial charge on any atom is 0.317 e. The molecule has 1 aliphatic rings. The largest absolute Gasteiger partial charge is 0.480 e. The summed E-state index contributed by atoms with van der Waals surface area (Å²) < 4.78 is 0. The van der Waals surface area contributed by atoms with Crippen molar-refractivity contribution in [2.75, 3.05) is 13.1 Å². The van der Waals surface area contributed by atoms with Gasteiger partial charge >= 0.3 is 5.97 Å². The number of benzene rings is 1. The van der Waals surface area contributed by atoms with Crippen LogP contribution in [-0.2, 0) is 11.2 Å². The van der Waals surface area contributed by atoms with E-state index in [9.17, 15) is 4.79 Å². The standard InChI is InChI=1S/C16H23NO2/c1-2-15(10-13-6-4-3-5-7-13)17(12-16(18)19)11-14-8-9-14/h3-7,14-15H,2,8-12H2,1H3,(H,18,19). The summed E-state index contributed by atoms with van der Waals surface area (Å²) in [4.78, 5) is 13.2. The highest BCUT2D eigenvalue weighted by Gasteiger charge is 2.28. The van der Waals surface area contributed by atoms with Crippen molar-refractivity contribution in [1.29, 1.82) is 0 Å². The highest BCUT2D eigenvalue weighted by molar-refractivity contribution is 5.69. The van der Waals surface area contributed by atoms with Gasteiger partial charge in [0.05, 0.1) is 6.54 Å². The molecule has 0 bridgehead atoms. The number of nitrogens with zero attached hydrogens (tertiary/aromatic N) is 1. The zero-order valence-corrected chi connectivity index (χ0v) is 11.6. The Labute approximate surface area is 115 Å². The van der Waals surface area contributed by atoms with Gasteiger partial charge in [-0.3, -0.25) is 9.69 Å². The molecule has 0 amide bonds. The summed E-state index contributed by atoms with van der Waals surface area (Å²) in [5.74, 6) is 0.0105. The fraction of sp³-hybridized carbons (Fsp3) is 0.562. The molecule has 19 heavy (non-hydrogen) atoms. The lowest BCUT2D eigenvalue weighted by Crippen LogP contribution is -2.41. The molecule has 0 aliphatic heterocycles. The first kappa shape index (κ1) is 14.1. The first-order valence-corrected chi connectivity index (χ1v) is 7.18. The lowest BCUT2D eigenvalue weighted by molar-refractivity contribution is -0.139. The fourth-order valence-corrected chi connectivity index (χ4v) is 2.57. The van der Waals surface area contributed by atoms with Crippen molar-refractivity contribution in [2.24, 2.45) is 5.92 Å². The third-order valence-electron chi connectivity index (χ3n) is 3.83. The smallest absolute Gasteiger partial charge is 0.317 e. The molecule has 0 saturated heterocycles. The first-order valence-electron chi connectivity index (χ1n) is 7.18. The molecule has 1 N–H and O–H groups in total. The number of hydrogen-bond donors (Lipinski definition) is 1. The Morgan fingerprint density at radius 2 is 2.05 bits per heavy atom. The number of aliphatic carboxylic acids is 1. The highest BCUT2D eigenvalue weighted by atomic mass is 16.4. The van der Waals surface area contributed by atoms with Crippen molar-refractivity contribution in [3.05, 3.63) is 35.9 Å². The summed E-state index contributed by atoms with van der Waals surface area (Å²) >= 11 is 0. The summed E-state index contributed by atoms with van der Waals surface area (Å²) in [6.45, 7) is 3.26. The van der Waals surface area contributed by atoms with E-state index in [1.54, 1.807) is 0 Å². The summed E-state index contributed by atoms with van der Waals surface area (Å²) in [6, 6.07) is 10.7. The van der Waals surface area contributed by atoms with E-state index in [0.29, 0.717) is 6.04 Å². The van der Waals surface area contributed by atoms with Crippen LogP contribution in [0.2, 0.25) is 0 Å². The van der Waals surface area contributed by atoms with Crippen LogP contribution >= 0.6 is 0 Å². The van der Waals surface area contributed by atoms with Crippen LogP contribution in [0.3, 0.4) is 0 Å². The molecule has 0 heterocycles. The van der Waals surface area contributed by atoms with E-state index in [4.69, 9.17) is 5.11 Å². The molecule has 3 nitrogen and oxygen atoms in total. The monoisotopic (exact) mass is 261 g/mol. The van der Waals surface area contributed by atoms with Gasteiger partial charge in [-0.15, -0.1) is 0 Å². The van der Waals surface area contributed by atoms with Crippen LogP contribution in [0.25, 0.3) is 0 Å². The van der Waals surface area contributed by atoms with E-state index in [1.165, 1.54) is 18.4 Å². The molecule has 1 aromatic rings. The molecule has 2 rings (SSSR count). The summed E-state index contributed by atoms with van der Waals surface area (Å²) in [7, 11) is 0. The normalized spacial score (nSPS) is 16.5. The summed E-state index contributed by atoms with van der Waals surface area (Å²) in [5.41, 5.74) is 1.29. The number of carboxylic acids is 1. The second-order valence-electron chi connectivity index (χ2n) is 5.52. The van der Waals surface area contributed by atoms with E-state index in [-0.39, 0.29) is 6.54 Å². The van der Waals surface area contributed by atoms with E-state index in [2.05, 4.69) is 24.0 Å². The molecule has 0 aromatic heterocycles. The minimum absolute atomic E-state index is 0.168. The van der Waals surface area contributed by atoms with Crippen molar-refractivity contribution < 1.29 is 9.90 Å². The van der Waals surface area contributed by atoms with Crippen LogP contribution in [-0.4, -0.2) is 35.1 Å². The van der Waals surface area contributed by atoms with Gasteiger partial charge in [0.25, 0.3) is 0 Å². The zero-order valence-electron chi connectivity index (χ0n) is 11.6. The highest BCUT2D eigenvalue weighted by Crippen LogP contribution is 2.30. The molecule has 1 fully saturated rings. The molecule has 1 aromatic carbocycles. The van der Waals surface area contributed by atoms with Gasteiger partial charge in [0, 0.05) is 12.6 Å². The Morgan fingerprint density at radius 3 is 2.58 bits per heavy atom. The number of hydrogen-bond acceptors (Lipinski definition) is 2. The molecule has 0 spiro atoms. The first-order chi connectivity index (χ1) is 9.19. The number of carboxylic acid groups (broad SMARTS) is 1. The van der Waals surface area contributed by atoms with Crippen molar-refractivity contribution in [3.63, 3.8) is 0 Å². The Balaban J connectivity index is 2.00. The van der Waals surface area contributed by atoms with Gasteiger partial charge in [-0.1, -0.05) is 37.3 Å². The van der Waals surface area contributed by atoms with Crippen LogP contribution in [0.15, 0.2) is 30.3 Å². The molecule has 104 valence electrons. The lowest BCUT2D eigenvalue weighted by Gasteiger charge is -2.30. The van der Waals surface area contributed by atoms with Crippen LogP contribution < -0.4 is 0 Å². The maximum atomic E-state index is 11.0. The molecule has 1 aliphatic carbocycles. The van der Waals surface area contributed by atoms with Crippen LogP contribution in [0.1, 0.15) is 31.7 Å². The van der Waals surface area contributed by atoms with Crippen LogP contribution in [0.4, 0.5) is 0 Å². The van der Waals surface area contributed by atoms with Gasteiger partial charge in [0.2, 0.25) is 0 Å². The van der Waals surface area contributed by atoms with E-state index >= 15 is 0 Å². The maximum absolute atomic E-state index is 11.0. The molecular weight excluding hydrogens is 238 g/mol. The third-order valence-corrected chi connectivity index (χ3v) is 3.83. The van der Waals surface area contributed by atoms with Gasteiger partial charge in [0.15, 0.2) is 0 Å². The van der Waals surface area contributed by atoms with E-state index in [0.717, 1.165) is 25.3 Å². The minimum Gasteiger partial charge on any atom is -0.480 e. The van der Waals surface area contributed by atoms with E-state index < -0.39 is 5.97 Å². The van der Waals surface area contributed by atoms with Crippen LogP contribution in [0, 0.1) is 5.92 Å². The van der Waals surface area contributed by atoms with Gasteiger partial charge in [-0.2, -0.15) is 0 Å². The SMILES string of the molecule is CCC(Cc1ccccc1)N(CC(=O)O)CC1CC1. The van der Waals surface area contributed by atoms with Gasteiger partial charge in [0.1, 0.15) is 0 Å². The number of carbonyl (C=O) groups is 1. The van der Waals surface area contributed by atoms with Gasteiger partial charge in [-0.25, -0.2) is 0 Å².